The summed E-state index contributed by atoms with van der Waals surface area (Å²) in [6.07, 6.45) is 11.3. The molecule has 18 heavy (non-hydrogen) atoms. The molecule has 2 rings (SSSR count). The van der Waals surface area contributed by atoms with Crippen molar-refractivity contribution in [3.05, 3.63) is 22.2 Å². The first kappa shape index (κ1) is 13.6. The maximum atomic E-state index is 10.4. The Balaban J connectivity index is 1.80. The molecule has 1 heterocycles. The maximum absolute atomic E-state index is 10.4. The number of hydrogen-bond acceptors (Lipinski definition) is 4. The van der Waals surface area contributed by atoms with Crippen LogP contribution in [0.25, 0.3) is 6.08 Å². The number of thioether (sulfide) groups is 1. The van der Waals surface area contributed by atoms with Crippen molar-refractivity contribution in [3.63, 3.8) is 0 Å². The van der Waals surface area contributed by atoms with E-state index in [9.17, 15) is 4.79 Å². The second-order valence-electron chi connectivity index (χ2n) is 4.40. The largest absolute Gasteiger partial charge is 0.478 e. The molecule has 1 N–H and O–H groups in total. The summed E-state index contributed by atoms with van der Waals surface area (Å²) in [6.45, 7) is 0. The Morgan fingerprint density at radius 1 is 1.50 bits per heavy atom. The van der Waals surface area contributed by atoms with E-state index in [4.69, 9.17) is 5.11 Å². The molecule has 1 aliphatic rings. The van der Waals surface area contributed by atoms with E-state index in [1.807, 2.05) is 11.8 Å². The lowest BCUT2D eigenvalue weighted by Crippen LogP contribution is -2.07. The molecule has 0 radical (unpaired) electrons. The van der Waals surface area contributed by atoms with Crippen molar-refractivity contribution in [2.75, 3.05) is 0 Å². The lowest BCUT2D eigenvalue weighted by Gasteiger charge is -2.20. The average Bonchev–Trinajstić information content (AvgIpc) is 2.83. The van der Waals surface area contributed by atoms with E-state index >= 15 is 0 Å². The van der Waals surface area contributed by atoms with Crippen LogP contribution in [0.4, 0.5) is 0 Å². The number of carboxylic acid groups (broad SMARTS) is 1. The van der Waals surface area contributed by atoms with Gasteiger partial charge >= 0.3 is 5.97 Å². The fourth-order valence-electron chi connectivity index (χ4n) is 2.04. The van der Waals surface area contributed by atoms with Gasteiger partial charge in [-0.25, -0.2) is 9.78 Å². The van der Waals surface area contributed by atoms with Crippen LogP contribution in [-0.2, 0) is 10.5 Å². The van der Waals surface area contributed by atoms with Crippen molar-refractivity contribution in [1.82, 2.24) is 4.98 Å². The molecule has 0 saturated heterocycles. The molecule has 0 amide bonds. The molecule has 0 bridgehead atoms. The van der Waals surface area contributed by atoms with Gasteiger partial charge in [-0.3, -0.25) is 0 Å². The van der Waals surface area contributed by atoms with Gasteiger partial charge in [0.05, 0.1) is 0 Å². The van der Waals surface area contributed by atoms with E-state index in [1.54, 1.807) is 23.6 Å². The number of carbonyl (C=O) groups is 1. The molecule has 0 aromatic carbocycles. The second-order valence-corrected chi connectivity index (χ2v) is 6.83. The van der Waals surface area contributed by atoms with Gasteiger partial charge in [0, 0.05) is 28.2 Å². The van der Waals surface area contributed by atoms with Crippen molar-refractivity contribution in [3.8, 4) is 0 Å². The number of hydrogen-bond donors (Lipinski definition) is 1. The van der Waals surface area contributed by atoms with Crippen LogP contribution in [0, 0.1) is 0 Å². The highest BCUT2D eigenvalue weighted by atomic mass is 32.2. The van der Waals surface area contributed by atoms with Crippen LogP contribution < -0.4 is 0 Å². The van der Waals surface area contributed by atoms with Crippen molar-refractivity contribution in [2.45, 2.75) is 43.1 Å². The molecular weight excluding hydrogens is 266 g/mol. The van der Waals surface area contributed by atoms with Gasteiger partial charge < -0.3 is 5.11 Å². The normalized spacial score (nSPS) is 17.3. The molecular formula is C13H17NO2S2. The number of aromatic nitrogens is 1. The molecule has 98 valence electrons. The zero-order chi connectivity index (χ0) is 12.8. The number of aliphatic carboxylic acids is 1. The van der Waals surface area contributed by atoms with Gasteiger partial charge in [0.2, 0.25) is 0 Å². The number of carboxylic acids is 1. The quantitative estimate of drug-likeness (QED) is 0.835. The SMILES string of the molecule is O=C(O)/C=C/c1cnc(CSC2CCCCC2)s1. The number of thiazole rings is 1. The molecule has 3 nitrogen and oxygen atoms in total. The van der Waals surface area contributed by atoms with Gasteiger partial charge in [-0.2, -0.15) is 11.8 Å². The van der Waals surface area contributed by atoms with E-state index in [0.717, 1.165) is 27.0 Å². The summed E-state index contributed by atoms with van der Waals surface area (Å²) >= 11 is 3.58. The van der Waals surface area contributed by atoms with Crippen molar-refractivity contribution >= 4 is 35.1 Å². The lowest BCUT2D eigenvalue weighted by molar-refractivity contribution is -0.131. The number of rotatable bonds is 5. The maximum Gasteiger partial charge on any atom is 0.328 e. The van der Waals surface area contributed by atoms with Gasteiger partial charge in [0.15, 0.2) is 0 Å². The Labute approximate surface area is 115 Å². The van der Waals surface area contributed by atoms with Crippen LogP contribution >= 0.6 is 23.1 Å². The molecule has 0 unspecified atom stereocenters. The lowest BCUT2D eigenvalue weighted by atomic mass is 10.0. The van der Waals surface area contributed by atoms with Crippen LogP contribution in [0.1, 0.15) is 42.0 Å². The molecule has 1 aromatic rings. The van der Waals surface area contributed by atoms with Crippen LogP contribution in [-0.4, -0.2) is 21.3 Å². The zero-order valence-electron chi connectivity index (χ0n) is 10.2. The highest BCUT2D eigenvalue weighted by molar-refractivity contribution is 7.99. The Kier molecular flexibility index (Phi) is 5.26. The fraction of sp³-hybridized carbons (Fsp3) is 0.538. The Morgan fingerprint density at radius 2 is 2.28 bits per heavy atom. The average molecular weight is 283 g/mol. The smallest absolute Gasteiger partial charge is 0.328 e. The predicted octanol–water partition coefficient (Wildman–Crippen LogP) is 3.81. The number of nitrogens with zero attached hydrogens (tertiary/aromatic N) is 1. The Bertz CT molecular complexity index is 422. The molecule has 1 aromatic heterocycles. The minimum Gasteiger partial charge on any atom is -0.478 e. The summed E-state index contributed by atoms with van der Waals surface area (Å²) in [5.41, 5.74) is 0. The molecule has 0 atom stereocenters. The highest BCUT2D eigenvalue weighted by Crippen LogP contribution is 2.31. The Morgan fingerprint density at radius 3 is 3.00 bits per heavy atom. The second kappa shape index (κ2) is 6.95. The molecule has 0 aliphatic heterocycles. The van der Waals surface area contributed by atoms with Gasteiger partial charge in [-0.1, -0.05) is 19.3 Å². The molecule has 1 aliphatic carbocycles. The third kappa shape index (κ3) is 4.46. The van der Waals surface area contributed by atoms with E-state index in [0.29, 0.717) is 0 Å². The summed E-state index contributed by atoms with van der Waals surface area (Å²) in [6, 6.07) is 0. The molecule has 5 heteroatoms. The van der Waals surface area contributed by atoms with Crippen LogP contribution in [0.3, 0.4) is 0 Å². The van der Waals surface area contributed by atoms with E-state index in [2.05, 4.69) is 4.98 Å². The van der Waals surface area contributed by atoms with Crippen molar-refractivity contribution in [2.24, 2.45) is 0 Å². The molecule has 1 fully saturated rings. The third-order valence-corrected chi connectivity index (χ3v) is 5.48. The first-order valence-corrected chi connectivity index (χ1v) is 8.08. The monoisotopic (exact) mass is 283 g/mol. The van der Waals surface area contributed by atoms with Crippen LogP contribution in [0.5, 0.6) is 0 Å². The summed E-state index contributed by atoms with van der Waals surface area (Å²) in [5, 5.41) is 10.4. The van der Waals surface area contributed by atoms with Crippen LogP contribution in [0.2, 0.25) is 0 Å². The minimum atomic E-state index is -0.915. The van der Waals surface area contributed by atoms with Gasteiger partial charge in [-0.05, 0) is 18.9 Å². The zero-order valence-corrected chi connectivity index (χ0v) is 11.8. The van der Waals surface area contributed by atoms with Gasteiger partial charge in [0.25, 0.3) is 0 Å². The van der Waals surface area contributed by atoms with Crippen LogP contribution in [0.15, 0.2) is 12.3 Å². The summed E-state index contributed by atoms with van der Waals surface area (Å²) in [7, 11) is 0. The van der Waals surface area contributed by atoms with E-state index in [1.165, 1.54) is 32.1 Å². The summed E-state index contributed by atoms with van der Waals surface area (Å²) < 4.78 is 0. The third-order valence-electron chi connectivity index (χ3n) is 2.96. The topological polar surface area (TPSA) is 50.2 Å². The van der Waals surface area contributed by atoms with Gasteiger partial charge in [0.1, 0.15) is 5.01 Å². The highest BCUT2D eigenvalue weighted by Gasteiger charge is 2.14. The standard InChI is InChI=1S/C13H17NO2S2/c15-13(16)7-6-11-8-14-12(18-11)9-17-10-4-2-1-3-5-10/h6-8,10H,1-5,9H2,(H,15,16)/b7-6+. The fourth-order valence-corrected chi connectivity index (χ4v) is 4.22. The summed E-state index contributed by atoms with van der Waals surface area (Å²) in [4.78, 5) is 15.7. The van der Waals surface area contributed by atoms with Crippen molar-refractivity contribution < 1.29 is 9.90 Å². The minimum absolute atomic E-state index is 0.792. The first-order chi connectivity index (χ1) is 8.74. The molecule has 1 saturated carbocycles. The van der Waals surface area contributed by atoms with E-state index < -0.39 is 5.97 Å². The predicted molar refractivity (Wildman–Crippen MR) is 77.0 cm³/mol. The first-order valence-electron chi connectivity index (χ1n) is 6.21. The Hall–Kier alpha value is -0.810. The van der Waals surface area contributed by atoms with Crippen molar-refractivity contribution in [1.29, 1.82) is 0 Å². The summed E-state index contributed by atoms with van der Waals surface area (Å²) in [5.74, 6) is 0.0394. The molecule has 0 spiro atoms. The van der Waals surface area contributed by atoms with Gasteiger partial charge in [-0.15, -0.1) is 11.3 Å². The van der Waals surface area contributed by atoms with E-state index in [-0.39, 0.29) is 0 Å².